The normalized spacial score (nSPS) is 12.7. The van der Waals surface area contributed by atoms with Gasteiger partial charge in [-0.1, -0.05) is 18.2 Å². The first-order chi connectivity index (χ1) is 12.4. The second-order valence-electron chi connectivity index (χ2n) is 5.37. The molecule has 0 unspecified atom stereocenters. The van der Waals surface area contributed by atoms with E-state index in [1.165, 1.54) is 31.8 Å². The van der Waals surface area contributed by atoms with Crippen molar-refractivity contribution in [2.24, 2.45) is 0 Å². The van der Waals surface area contributed by atoms with Crippen molar-refractivity contribution in [2.75, 3.05) is 6.61 Å². The van der Waals surface area contributed by atoms with Crippen LogP contribution in [-0.4, -0.2) is 45.6 Å². The van der Waals surface area contributed by atoms with Crippen LogP contribution >= 0.6 is 0 Å². The lowest BCUT2D eigenvalue weighted by atomic mass is 10.1. The van der Waals surface area contributed by atoms with Crippen molar-refractivity contribution in [1.82, 2.24) is 15.0 Å². The van der Waals surface area contributed by atoms with Crippen LogP contribution in [0.25, 0.3) is 5.69 Å². The van der Waals surface area contributed by atoms with Gasteiger partial charge in [0.1, 0.15) is 12.3 Å². The molecule has 0 N–H and O–H groups in total. The highest BCUT2D eigenvalue weighted by atomic mass is 16.6. The van der Waals surface area contributed by atoms with Gasteiger partial charge in [-0.15, -0.1) is 5.10 Å². The zero-order valence-electron chi connectivity index (χ0n) is 14.6. The van der Waals surface area contributed by atoms with Crippen LogP contribution in [0, 0.1) is 0 Å². The maximum atomic E-state index is 11.5. The lowest BCUT2D eigenvalue weighted by Crippen LogP contribution is -2.33. The Morgan fingerprint density at radius 2 is 1.65 bits per heavy atom. The van der Waals surface area contributed by atoms with Crippen LogP contribution in [0.1, 0.15) is 32.6 Å². The molecule has 1 aromatic carbocycles. The fourth-order valence-electron chi connectivity index (χ4n) is 2.19. The average molecular weight is 361 g/mol. The molecule has 138 valence electrons. The van der Waals surface area contributed by atoms with Gasteiger partial charge in [0.05, 0.1) is 11.9 Å². The third-order valence-corrected chi connectivity index (χ3v) is 3.19. The lowest BCUT2D eigenvalue weighted by molar-refractivity contribution is -0.174. The number of esters is 3. The second-order valence-corrected chi connectivity index (χ2v) is 5.37. The fraction of sp³-hybridized carbons (Fsp3) is 0.353. The quantitative estimate of drug-likeness (QED) is 0.537. The molecule has 2 rings (SSSR count). The highest BCUT2D eigenvalue weighted by Crippen LogP contribution is 2.23. The minimum absolute atomic E-state index is 0.252. The second kappa shape index (κ2) is 8.75. The Hall–Kier alpha value is -3.23. The maximum Gasteiger partial charge on any atom is 0.303 e. The zero-order chi connectivity index (χ0) is 19.1. The SMILES string of the molecule is CC(=O)OC[C@@H](OC(C)=O)[C@H](OC(C)=O)c1cnn(-c2ccccc2)n1. The van der Waals surface area contributed by atoms with Gasteiger partial charge < -0.3 is 14.2 Å². The van der Waals surface area contributed by atoms with E-state index in [9.17, 15) is 14.4 Å². The van der Waals surface area contributed by atoms with Gasteiger partial charge in [-0.3, -0.25) is 14.4 Å². The average Bonchev–Trinajstić information content (AvgIpc) is 3.06. The molecule has 0 spiro atoms. The number of rotatable bonds is 7. The van der Waals surface area contributed by atoms with Crippen molar-refractivity contribution >= 4 is 17.9 Å². The van der Waals surface area contributed by atoms with E-state index in [0.717, 1.165) is 0 Å². The Morgan fingerprint density at radius 3 is 2.23 bits per heavy atom. The number of para-hydroxylation sites is 1. The largest absolute Gasteiger partial charge is 0.462 e. The summed E-state index contributed by atoms with van der Waals surface area (Å²) in [4.78, 5) is 35.4. The fourth-order valence-corrected chi connectivity index (χ4v) is 2.19. The van der Waals surface area contributed by atoms with Crippen molar-refractivity contribution in [1.29, 1.82) is 0 Å². The molecule has 2 aromatic rings. The van der Waals surface area contributed by atoms with Gasteiger partial charge in [-0.2, -0.15) is 9.90 Å². The molecule has 0 fully saturated rings. The van der Waals surface area contributed by atoms with Gasteiger partial charge in [0.2, 0.25) is 0 Å². The Kier molecular flexibility index (Phi) is 6.42. The molecule has 0 bridgehead atoms. The predicted molar refractivity (Wildman–Crippen MR) is 88.1 cm³/mol. The molecule has 0 aliphatic rings. The van der Waals surface area contributed by atoms with E-state index in [-0.39, 0.29) is 12.3 Å². The minimum Gasteiger partial charge on any atom is -0.462 e. The Balaban J connectivity index is 2.32. The molecule has 0 saturated carbocycles. The van der Waals surface area contributed by atoms with Gasteiger partial charge in [0.25, 0.3) is 0 Å². The summed E-state index contributed by atoms with van der Waals surface area (Å²) in [5.74, 6) is -1.78. The molecule has 0 saturated heterocycles. The lowest BCUT2D eigenvalue weighted by Gasteiger charge is -2.24. The van der Waals surface area contributed by atoms with Crippen LogP contribution < -0.4 is 0 Å². The molecule has 9 nitrogen and oxygen atoms in total. The molecule has 1 aromatic heterocycles. The highest BCUT2D eigenvalue weighted by molar-refractivity contribution is 5.68. The number of aromatic nitrogens is 3. The van der Waals surface area contributed by atoms with E-state index in [1.807, 2.05) is 18.2 Å². The smallest absolute Gasteiger partial charge is 0.303 e. The number of hydrogen-bond donors (Lipinski definition) is 0. The number of ether oxygens (including phenoxy) is 3. The minimum atomic E-state index is -1.08. The number of carbonyl (C=O) groups excluding carboxylic acids is 3. The molecule has 1 heterocycles. The summed E-state index contributed by atoms with van der Waals surface area (Å²) < 4.78 is 15.3. The third kappa shape index (κ3) is 5.40. The maximum absolute atomic E-state index is 11.5. The summed E-state index contributed by atoms with van der Waals surface area (Å²) in [6, 6.07) is 9.10. The summed E-state index contributed by atoms with van der Waals surface area (Å²) in [6.45, 7) is 3.35. The first-order valence-corrected chi connectivity index (χ1v) is 7.82. The third-order valence-electron chi connectivity index (χ3n) is 3.19. The van der Waals surface area contributed by atoms with Gasteiger partial charge in [0, 0.05) is 20.8 Å². The molecule has 9 heteroatoms. The van der Waals surface area contributed by atoms with Crippen molar-refractivity contribution in [3.8, 4) is 5.69 Å². The first-order valence-electron chi connectivity index (χ1n) is 7.82. The molecule has 0 aliphatic heterocycles. The number of benzene rings is 1. The van der Waals surface area contributed by atoms with E-state index in [1.54, 1.807) is 12.1 Å². The summed E-state index contributed by atoms with van der Waals surface area (Å²) >= 11 is 0. The van der Waals surface area contributed by atoms with Gasteiger partial charge >= 0.3 is 17.9 Å². The van der Waals surface area contributed by atoms with E-state index in [4.69, 9.17) is 14.2 Å². The van der Waals surface area contributed by atoms with Crippen LogP contribution in [0.2, 0.25) is 0 Å². The zero-order valence-corrected chi connectivity index (χ0v) is 14.6. The summed E-state index contributed by atoms with van der Waals surface area (Å²) in [6.07, 6.45) is -0.736. The molecular formula is C17H19N3O6. The van der Waals surface area contributed by atoms with E-state index >= 15 is 0 Å². The summed E-state index contributed by atoms with van der Waals surface area (Å²) in [5.41, 5.74) is 0.951. The van der Waals surface area contributed by atoms with Crippen LogP contribution in [0.4, 0.5) is 0 Å². The summed E-state index contributed by atoms with van der Waals surface area (Å²) in [7, 11) is 0. The Morgan fingerprint density at radius 1 is 1.00 bits per heavy atom. The van der Waals surface area contributed by atoms with Crippen molar-refractivity contribution in [3.63, 3.8) is 0 Å². The van der Waals surface area contributed by atoms with E-state index in [2.05, 4.69) is 10.2 Å². The molecule has 0 radical (unpaired) electrons. The van der Waals surface area contributed by atoms with Crippen LogP contribution in [0.15, 0.2) is 36.5 Å². The first kappa shape index (κ1) is 19.1. The van der Waals surface area contributed by atoms with Crippen LogP contribution in [0.3, 0.4) is 0 Å². The van der Waals surface area contributed by atoms with Crippen molar-refractivity contribution < 1.29 is 28.6 Å². The molecular weight excluding hydrogens is 342 g/mol. The van der Waals surface area contributed by atoms with Crippen molar-refractivity contribution in [3.05, 3.63) is 42.2 Å². The van der Waals surface area contributed by atoms with Crippen LogP contribution in [0.5, 0.6) is 0 Å². The molecule has 26 heavy (non-hydrogen) atoms. The summed E-state index contributed by atoms with van der Waals surface area (Å²) in [5, 5.41) is 8.42. The Labute approximate surface area is 149 Å². The van der Waals surface area contributed by atoms with Crippen molar-refractivity contribution in [2.45, 2.75) is 33.0 Å². The molecule has 2 atom stereocenters. The van der Waals surface area contributed by atoms with E-state index < -0.39 is 30.1 Å². The predicted octanol–water partition coefficient (Wildman–Crippen LogP) is 1.37. The monoisotopic (exact) mass is 361 g/mol. The number of hydrogen-bond acceptors (Lipinski definition) is 8. The van der Waals surface area contributed by atoms with Gasteiger partial charge in [-0.05, 0) is 12.1 Å². The molecule has 0 aliphatic carbocycles. The van der Waals surface area contributed by atoms with E-state index in [0.29, 0.717) is 5.69 Å². The standard InChI is InChI=1S/C17H19N3O6/c1-11(21)24-10-16(25-12(2)22)17(26-13(3)23)15-9-18-20(19-15)14-7-5-4-6-8-14/h4-9,16-17H,10H2,1-3H3/t16-,17-/m1/s1. The number of carbonyl (C=O) groups is 3. The highest BCUT2D eigenvalue weighted by Gasteiger charge is 2.32. The van der Waals surface area contributed by atoms with Gasteiger partial charge in [-0.25, -0.2) is 0 Å². The topological polar surface area (TPSA) is 110 Å². The molecule has 0 amide bonds. The Bertz CT molecular complexity index is 774. The number of nitrogens with zero attached hydrogens (tertiary/aromatic N) is 3. The van der Waals surface area contributed by atoms with Crippen LogP contribution in [-0.2, 0) is 28.6 Å². The van der Waals surface area contributed by atoms with Gasteiger partial charge in [0.15, 0.2) is 12.2 Å².